The zero-order valence-electron chi connectivity index (χ0n) is 13.7. The highest BCUT2D eigenvalue weighted by molar-refractivity contribution is 5.31. The van der Waals surface area contributed by atoms with E-state index < -0.39 is 0 Å². The van der Waals surface area contributed by atoms with E-state index in [1.54, 1.807) is 0 Å². The van der Waals surface area contributed by atoms with Crippen LogP contribution in [0.15, 0.2) is 60.7 Å². The summed E-state index contributed by atoms with van der Waals surface area (Å²) in [7, 11) is 0. The Kier molecular flexibility index (Phi) is 5.84. The van der Waals surface area contributed by atoms with E-state index in [0.717, 1.165) is 6.54 Å². The van der Waals surface area contributed by atoms with Crippen molar-refractivity contribution in [3.8, 4) is 0 Å². The van der Waals surface area contributed by atoms with Gasteiger partial charge < -0.3 is 10.4 Å². The van der Waals surface area contributed by atoms with Crippen LogP contribution in [0.5, 0.6) is 0 Å². The second-order valence-electron chi connectivity index (χ2n) is 6.65. The molecule has 1 aliphatic carbocycles. The van der Waals surface area contributed by atoms with Crippen LogP contribution in [0.25, 0.3) is 0 Å². The number of rotatable bonds is 6. The van der Waals surface area contributed by atoms with Gasteiger partial charge in [0.25, 0.3) is 0 Å². The predicted octanol–water partition coefficient (Wildman–Crippen LogP) is 4.16. The smallest absolute Gasteiger partial charge is 0.0576 e. The Morgan fingerprint density at radius 3 is 1.87 bits per heavy atom. The molecule has 2 N–H and O–H groups in total. The molecule has 122 valence electrons. The molecule has 23 heavy (non-hydrogen) atoms. The summed E-state index contributed by atoms with van der Waals surface area (Å²) in [5.41, 5.74) is 2.60. The maximum Gasteiger partial charge on any atom is 0.0576 e. The van der Waals surface area contributed by atoms with Gasteiger partial charge >= 0.3 is 0 Å². The van der Waals surface area contributed by atoms with Crippen molar-refractivity contribution < 1.29 is 5.11 Å². The number of hydrogen-bond donors (Lipinski definition) is 2. The lowest BCUT2D eigenvalue weighted by atomic mass is 9.79. The van der Waals surface area contributed by atoms with Crippen molar-refractivity contribution in [3.63, 3.8) is 0 Å². The minimum absolute atomic E-state index is 0.221. The van der Waals surface area contributed by atoms with Crippen molar-refractivity contribution in [2.24, 2.45) is 11.8 Å². The number of benzene rings is 2. The molecular weight excluding hydrogens is 282 g/mol. The fourth-order valence-corrected chi connectivity index (χ4v) is 3.78. The fourth-order valence-electron chi connectivity index (χ4n) is 3.78. The summed E-state index contributed by atoms with van der Waals surface area (Å²) in [4.78, 5) is 0. The first-order valence-electron chi connectivity index (χ1n) is 8.82. The normalized spacial score (nSPS) is 21.5. The summed E-state index contributed by atoms with van der Waals surface area (Å²) < 4.78 is 0. The number of aliphatic hydroxyl groups excluding tert-OH is 1. The van der Waals surface area contributed by atoms with E-state index in [-0.39, 0.29) is 6.04 Å². The van der Waals surface area contributed by atoms with E-state index in [1.807, 2.05) is 0 Å². The lowest BCUT2D eigenvalue weighted by molar-refractivity contribution is 0.132. The quantitative estimate of drug-likeness (QED) is 0.839. The molecule has 0 amide bonds. The van der Waals surface area contributed by atoms with Crippen molar-refractivity contribution in [2.75, 3.05) is 13.2 Å². The van der Waals surface area contributed by atoms with Gasteiger partial charge in [0, 0.05) is 6.61 Å². The van der Waals surface area contributed by atoms with E-state index in [4.69, 9.17) is 0 Å². The zero-order valence-corrected chi connectivity index (χ0v) is 13.7. The highest BCUT2D eigenvalue weighted by atomic mass is 16.3. The Morgan fingerprint density at radius 1 is 0.826 bits per heavy atom. The SMILES string of the molecule is OCC1CCCCC1CNC(c1ccccc1)c1ccccc1. The maximum absolute atomic E-state index is 9.63. The third kappa shape index (κ3) is 4.21. The first kappa shape index (κ1) is 16.2. The van der Waals surface area contributed by atoms with Crippen LogP contribution in [0.4, 0.5) is 0 Å². The minimum atomic E-state index is 0.221. The topological polar surface area (TPSA) is 32.3 Å². The van der Waals surface area contributed by atoms with E-state index in [1.165, 1.54) is 36.8 Å². The van der Waals surface area contributed by atoms with Crippen LogP contribution in [-0.4, -0.2) is 18.3 Å². The minimum Gasteiger partial charge on any atom is -0.396 e. The molecule has 0 heterocycles. The predicted molar refractivity (Wildman–Crippen MR) is 95.3 cm³/mol. The molecule has 0 bridgehead atoms. The Morgan fingerprint density at radius 2 is 1.35 bits per heavy atom. The van der Waals surface area contributed by atoms with E-state index in [2.05, 4.69) is 66.0 Å². The van der Waals surface area contributed by atoms with Crippen LogP contribution in [0, 0.1) is 11.8 Å². The molecule has 0 aromatic heterocycles. The van der Waals surface area contributed by atoms with E-state index in [9.17, 15) is 5.11 Å². The molecular formula is C21H27NO. The van der Waals surface area contributed by atoms with Crippen molar-refractivity contribution >= 4 is 0 Å². The average Bonchev–Trinajstić information content (AvgIpc) is 2.64. The molecule has 1 fully saturated rings. The van der Waals surface area contributed by atoms with Crippen molar-refractivity contribution in [3.05, 3.63) is 71.8 Å². The second kappa shape index (κ2) is 8.28. The summed E-state index contributed by atoms with van der Waals surface area (Å²) in [5, 5.41) is 13.4. The van der Waals surface area contributed by atoms with Crippen molar-refractivity contribution in [1.82, 2.24) is 5.32 Å². The van der Waals surface area contributed by atoms with Crippen LogP contribution in [0.3, 0.4) is 0 Å². The molecule has 2 aromatic carbocycles. The molecule has 0 radical (unpaired) electrons. The van der Waals surface area contributed by atoms with Gasteiger partial charge in [-0.05, 0) is 42.3 Å². The molecule has 2 nitrogen and oxygen atoms in total. The summed E-state index contributed by atoms with van der Waals surface area (Å²) in [6.07, 6.45) is 4.96. The molecule has 3 rings (SSSR count). The summed E-state index contributed by atoms with van der Waals surface area (Å²) in [5.74, 6) is 1.05. The fraction of sp³-hybridized carbons (Fsp3) is 0.429. The van der Waals surface area contributed by atoms with Gasteiger partial charge in [0.2, 0.25) is 0 Å². The number of nitrogens with one attached hydrogen (secondary N) is 1. The molecule has 2 atom stereocenters. The largest absolute Gasteiger partial charge is 0.396 e. The first-order valence-corrected chi connectivity index (χ1v) is 8.82. The molecule has 1 saturated carbocycles. The van der Waals surface area contributed by atoms with Gasteiger partial charge in [0.1, 0.15) is 0 Å². The zero-order chi connectivity index (χ0) is 15.9. The molecule has 0 saturated heterocycles. The van der Waals surface area contributed by atoms with Gasteiger partial charge in [-0.25, -0.2) is 0 Å². The monoisotopic (exact) mass is 309 g/mol. The summed E-state index contributed by atoms with van der Waals surface area (Å²) in [6, 6.07) is 21.5. The van der Waals surface area contributed by atoms with Gasteiger partial charge in [-0.2, -0.15) is 0 Å². The molecule has 1 aliphatic rings. The van der Waals surface area contributed by atoms with Crippen LogP contribution >= 0.6 is 0 Å². The molecule has 0 aliphatic heterocycles. The van der Waals surface area contributed by atoms with Crippen LogP contribution in [-0.2, 0) is 0 Å². The first-order chi connectivity index (χ1) is 11.4. The molecule has 2 heteroatoms. The Hall–Kier alpha value is -1.64. The molecule has 2 unspecified atom stereocenters. The Labute approximate surface area is 139 Å². The highest BCUT2D eigenvalue weighted by Crippen LogP contribution is 2.30. The van der Waals surface area contributed by atoms with Gasteiger partial charge in [-0.1, -0.05) is 73.5 Å². The van der Waals surface area contributed by atoms with Crippen LogP contribution in [0.2, 0.25) is 0 Å². The van der Waals surface area contributed by atoms with Crippen molar-refractivity contribution in [1.29, 1.82) is 0 Å². The second-order valence-corrected chi connectivity index (χ2v) is 6.65. The molecule has 2 aromatic rings. The van der Waals surface area contributed by atoms with Gasteiger partial charge in [-0.15, -0.1) is 0 Å². The standard InChI is InChI=1S/C21H27NO/c23-16-20-14-8-7-13-19(20)15-22-21(17-9-3-1-4-10-17)18-11-5-2-6-12-18/h1-6,9-12,19-23H,7-8,13-16H2. The maximum atomic E-state index is 9.63. The number of aliphatic hydroxyl groups is 1. The van der Waals surface area contributed by atoms with E-state index >= 15 is 0 Å². The summed E-state index contributed by atoms with van der Waals surface area (Å²) >= 11 is 0. The van der Waals surface area contributed by atoms with Crippen molar-refractivity contribution in [2.45, 2.75) is 31.7 Å². The highest BCUT2D eigenvalue weighted by Gasteiger charge is 2.25. The summed E-state index contributed by atoms with van der Waals surface area (Å²) in [6.45, 7) is 1.30. The lowest BCUT2D eigenvalue weighted by Gasteiger charge is -2.32. The lowest BCUT2D eigenvalue weighted by Crippen LogP contribution is -2.34. The van der Waals surface area contributed by atoms with Gasteiger partial charge in [0.15, 0.2) is 0 Å². The number of hydrogen-bond acceptors (Lipinski definition) is 2. The van der Waals surface area contributed by atoms with Gasteiger partial charge in [0.05, 0.1) is 6.04 Å². The van der Waals surface area contributed by atoms with Crippen LogP contribution < -0.4 is 5.32 Å². The average molecular weight is 309 g/mol. The molecule has 0 spiro atoms. The van der Waals surface area contributed by atoms with E-state index in [0.29, 0.717) is 18.4 Å². The van der Waals surface area contributed by atoms with Crippen LogP contribution in [0.1, 0.15) is 42.9 Å². The third-order valence-electron chi connectivity index (χ3n) is 5.15. The Bertz CT molecular complexity index is 529. The van der Waals surface area contributed by atoms with Gasteiger partial charge in [-0.3, -0.25) is 0 Å². The third-order valence-corrected chi connectivity index (χ3v) is 5.15. The Balaban J connectivity index is 1.74.